The van der Waals surface area contributed by atoms with Crippen LogP contribution in [0.15, 0.2) is 0 Å². The molecule has 0 aromatic rings. The standard InChI is InChI=1S/C11H22N2O3S2/c14-9-10-4-1-2-6-13(10)18(15,16)12-8-11-5-3-7-17-11/h10-12,14H,1-9H2. The number of aliphatic hydroxyl groups excluding tert-OH is 1. The third-order valence-electron chi connectivity index (χ3n) is 3.61. The van der Waals surface area contributed by atoms with E-state index in [-0.39, 0.29) is 12.6 Å². The molecule has 2 atom stereocenters. The number of hydrogen-bond donors (Lipinski definition) is 2. The van der Waals surface area contributed by atoms with Gasteiger partial charge in [0.05, 0.1) is 6.61 Å². The molecule has 7 heteroatoms. The molecule has 2 saturated heterocycles. The van der Waals surface area contributed by atoms with Crippen LogP contribution in [0.25, 0.3) is 0 Å². The van der Waals surface area contributed by atoms with Gasteiger partial charge in [-0.05, 0) is 31.4 Å². The number of hydrogen-bond acceptors (Lipinski definition) is 4. The van der Waals surface area contributed by atoms with Crippen molar-refractivity contribution in [2.75, 3.05) is 25.4 Å². The minimum absolute atomic E-state index is 0.0842. The summed E-state index contributed by atoms with van der Waals surface area (Å²) in [6.07, 6.45) is 4.91. The fraction of sp³-hybridized carbons (Fsp3) is 1.00. The molecule has 0 aromatic carbocycles. The van der Waals surface area contributed by atoms with Crippen molar-refractivity contribution in [3.8, 4) is 0 Å². The van der Waals surface area contributed by atoms with Crippen LogP contribution < -0.4 is 4.72 Å². The maximum absolute atomic E-state index is 12.2. The number of thioether (sulfide) groups is 1. The van der Waals surface area contributed by atoms with Gasteiger partial charge in [0, 0.05) is 24.4 Å². The maximum Gasteiger partial charge on any atom is 0.279 e. The van der Waals surface area contributed by atoms with Gasteiger partial charge in [-0.3, -0.25) is 0 Å². The van der Waals surface area contributed by atoms with E-state index in [1.807, 2.05) is 11.8 Å². The smallest absolute Gasteiger partial charge is 0.279 e. The van der Waals surface area contributed by atoms with Crippen LogP contribution in [0, 0.1) is 0 Å². The second kappa shape index (κ2) is 6.56. The second-order valence-corrected chi connectivity index (χ2v) is 8.05. The Hall–Kier alpha value is 0.180. The van der Waals surface area contributed by atoms with Crippen LogP contribution in [-0.2, 0) is 10.2 Å². The quantitative estimate of drug-likeness (QED) is 0.777. The highest BCUT2D eigenvalue weighted by Crippen LogP contribution is 2.26. The van der Waals surface area contributed by atoms with E-state index < -0.39 is 10.2 Å². The molecule has 2 N–H and O–H groups in total. The molecule has 2 aliphatic rings. The second-order valence-electron chi connectivity index (χ2n) is 4.93. The van der Waals surface area contributed by atoms with Crippen LogP contribution in [-0.4, -0.2) is 54.6 Å². The van der Waals surface area contributed by atoms with Gasteiger partial charge >= 0.3 is 0 Å². The largest absolute Gasteiger partial charge is 0.395 e. The average molecular weight is 294 g/mol. The van der Waals surface area contributed by atoms with Crippen LogP contribution in [0.5, 0.6) is 0 Å². The van der Waals surface area contributed by atoms with E-state index in [0.29, 0.717) is 18.3 Å². The summed E-state index contributed by atoms with van der Waals surface area (Å²) >= 11 is 1.84. The van der Waals surface area contributed by atoms with E-state index in [0.717, 1.165) is 31.4 Å². The third kappa shape index (κ3) is 3.60. The molecule has 0 amide bonds. The molecule has 106 valence electrons. The van der Waals surface area contributed by atoms with E-state index in [4.69, 9.17) is 0 Å². The lowest BCUT2D eigenvalue weighted by Gasteiger charge is -2.33. The van der Waals surface area contributed by atoms with E-state index in [1.165, 1.54) is 10.7 Å². The van der Waals surface area contributed by atoms with Crippen LogP contribution in [0.4, 0.5) is 0 Å². The van der Waals surface area contributed by atoms with E-state index in [9.17, 15) is 13.5 Å². The van der Waals surface area contributed by atoms with Crippen LogP contribution in [0.2, 0.25) is 0 Å². The molecule has 2 aliphatic heterocycles. The molecular formula is C11H22N2O3S2. The number of rotatable bonds is 5. The Morgan fingerprint density at radius 2 is 2.11 bits per heavy atom. The first-order valence-electron chi connectivity index (χ1n) is 6.62. The Labute approximate surface area is 114 Å². The van der Waals surface area contributed by atoms with E-state index in [2.05, 4.69) is 4.72 Å². The molecule has 2 fully saturated rings. The predicted molar refractivity (Wildman–Crippen MR) is 73.8 cm³/mol. The molecule has 0 saturated carbocycles. The maximum atomic E-state index is 12.2. The van der Waals surface area contributed by atoms with Gasteiger partial charge < -0.3 is 5.11 Å². The van der Waals surface area contributed by atoms with Crippen molar-refractivity contribution < 1.29 is 13.5 Å². The molecule has 0 radical (unpaired) electrons. The summed E-state index contributed by atoms with van der Waals surface area (Å²) in [7, 11) is -3.42. The number of aliphatic hydroxyl groups is 1. The van der Waals surface area contributed by atoms with Crippen LogP contribution in [0.3, 0.4) is 0 Å². The molecule has 18 heavy (non-hydrogen) atoms. The summed E-state index contributed by atoms with van der Waals surface area (Å²) in [5.41, 5.74) is 0. The normalized spacial score (nSPS) is 30.7. The lowest BCUT2D eigenvalue weighted by atomic mass is 10.1. The first-order chi connectivity index (χ1) is 8.63. The van der Waals surface area contributed by atoms with Gasteiger partial charge in [-0.2, -0.15) is 24.5 Å². The SMILES string of the molecule is O=S(=O)(NCC1CCCS1)N1CCCCC1CO. The molecule has 0 bridgehead atoms. The van der Waals surface area contributed by atoms with Gasteiger partial charge in [-0.1, -0.05) is 6.42 Å². The topological polar surface area (TPSA) is 69.6 Å². The van der Waals surface area contributed by atoms with Crippen molar-refractivity contribution in [3.05, 3.63) is 0 Å². The minimum atomic E-state index is -3.42. The summed E-state index contributed by atoms with van der Waals surface area (Å²) in [5, 5.41) is 9.68. The first kappa shape index (κ1) is 14.6. The van der Waals surface area contributed by atoms with Crippen molar-refractivity contribution >= 4 is 22.0 Å². The summed E-state index contributed by atoms with van der Waals surface area (Å²) in [4.78, 5) is 0. The van der Waals surface area contributed by atoms with Gasteiger partial charge in [0.15, 0.2) is 0 Å². The fourth-order valence-corrected chi connectivity index (χ4v) is 5.38. The predicted octanol–water partition coefficient (Wildman–Crippen LogP) is 0.563. The molecule has 2 heterocycles. The number of nitrogens with zero attached hydrogens (tertiary/aromatic N) is 1. The molecule has 0 aliphatic carbocycles. The lowest BCUT2D eigenvalue weighted by Crippen LogP contribution is -2.51. The van der Waals surface area contributed by atoms with Crippen molar-refractivity contribution in [3.63, 3.8) is 0 Å². The monoisotopic (exact) mass is 294 g/mol. The summed E-state index contributed by atoms with van der Waals surface area (Å²) < 4.78 is 28.6. The highest BCUT2D eigenvalue weighted by molar-refractivity contribution is 8.00. The third-order valence-corrected chi connectivity index (χ3v) is 6.64. The van der Waals surface area contributed by atoms with Crippen molar-refractivity contribution in [1.29, 1.82) is 0 Å². The van der Waals surface area contributed by atoms with Gasteiger partial charge in [0.25, 0.3) is 10.2 Å². The average Bonchev–Trinajstić information content (AvgIpc) is 2.89. The molecule has 2 rings (SSSR count). The number of piperidine rings is 1. The minimum Gasteiger partial charge on any atom is -0.395 e. The Kier molecular flexibility index (Phi) is 5.32. The Bertz CT molecular complexity index is 355. The highest BCUT2D eigenvalue weighted by Gasteiger charge is 2.32. The van der Waals surface area contributed by atoms with Gasteiger partial charge in [0.1, 0.15) is 0 Å². The lowest BCUT2D eigenvalue weighted by molar-refractivity contribution is 0.154. The van der Waals surface area contributed by atoms with E-state index >= 15 is 0 Å². The molecule has 2 unspecified atom stereocenters. The molecule has 5 nitrogen and oxygen atoms in total. The summed E-state index contributed by atoms with van der Waals surface area (Å²) in [6.45, 7) is 0.957. The molecule has 0 aromatic heterocycles. The van der Waals surface area contributed by atoms with Gasteiger partial charge in [0.2, 0.25) is 0 Å². The highest BCUT2D eigenvalue weighted by atomic mass is 32.2. The zero-order valence-electron chi connectivity index (χ0n) is 10.5. The fourth-order valence-electron chi connectivity index (χ4n) is 2.56. The van der Waals surface area contributed by atoms with Crippen LogP contribution >= 0.6 is 11.8 Å². The van der Waals surface area contributed by atoms with E-state index in [1.54, 1.807) is 0 Å². The van der Waals surface area contributed by atoms with Crippen molar-refractivity contribution in [2.45, 2.75) is 43.4 Å². The summed E-state index contributed by atoms with van der Waals surface area (Å²) in [5.74, 6) is 1.13. The zero-order chi connectivity index (χ0) is 13.0. The zero-order valence-corrected chi connectivity index (χ0v) is 12.2. The van der Waals surface area contributed by atoms with Gasteiger partial charge in [-0.15, -0.1) is 0 Å². The number of nitrogens with one attached hydrogen (secondary N) is 1. The Balaban J connectivity index is 1.91. The van der Waals surface area contributed by atoms with Crippen molar-refractivity contribution in [2.24, 2.45) is 0 Å². The van der Waals surface area contributed by atoms with Crippen molar-refractivity contribution in [1.82, 2.24) is 9.03 Å². The van der Waals surface area contributed by atoms with Crippen LogP contribution in [0.1, 0.15) is 32.1 Å². The summed E-state index contributed by atoms with van der Waals surface area (Å²) in [6, 6.07) is -0.243. The Morgan fingerprint density at radius 3 is 2.78 bits per heavy atom. The Morgan fingerprint density at radius 1 is 1.28 bits per heavy atom. The molecular weight excluding hydrogens is 272 g/mol. The first-order valence-corrected chi connectivity index (χ1v) is 9.11. The van der Waals surface area contributed by atoms with Gasteiger partial charge in [-0.25, -0.2) is 4.72 Å². The molecule has 0 spiro atoms.